The standard InChI is InChI=1S/C17H12ClNO2/c18-16-8-7-15(21-16)17(19)10-5-6-14-12(9-10)11-3-1-2-4-13(11)20-14/h1-9,17H,19H2. The molecule has 0 spiro atoms. The topological polar surface area (TPSA) is 52.3 Å². The molecule has 4 aromatic rings. The van der Waals surface area contributed by atoms with Crippen molar-refractivity contribution in [2.24, 2.45) is 5.73 Å². The van der Waals surface area contributed by atoms with Crippen molar-refractivity contribution in [2.45, 2.75) is 6.04 Å². The molecule has 2 N–H and O–H groups in total. The lowest BCUT2D eigenvalue weighted by molar-refractivity contribution is 0.491. The second-order valence-electron chi connectivity index (χ2n) is 4.97. The van der Waals surface area contributed by atoms with Crippen LogP contribution in [0.2, 0.25) is 5.22 Å². The predicted octanol–water partition coefficient (Wildman–Crippen LogP) is 4.88. The van der Waals surface area contributed by atoms with E-state index >= 15 is 0 Å². The van der Waals surface area contributed by atoms with Crippen LogP contribution in [-0.4, -0.2) is 0 Å². The highest BCUT2D eigenvalue weighted by Gasteiger charge is 2.15. The molecule has 0 bridgehead atoms. The summed E-state index contributed by atoms with van der Waals surface area (Å²) in [4.78, 5) is 0. The SMILES string of the molecule is NC(c1ccc2oc3ccccc3c2c1)c1ccc(Cl)o1. The van der Waals surface area contributed by atoms with Crippen molar-refractivity contribution in [1.82, 2.24) is 0 Å². The zero-order valence-corrected chi connectivity index (χ0v) is 11.8. The monoisotopic (exact) mass is 297 g/mol. The van der Waals surface area contributed by atoms with Gasteiger partial charge in [0, 0.05) is 10.8 Å². The van der Waals surface area contributed by atoms with Crippen LogP contribution in [0.5, 0.6) is 0 Å². The first-order valence-electron chi connectivity index (χ1n) is 6.64. The number of halogens is 1. The van der Waals surface area contributed by atoms with Gasteiger partial charge in [-0.1, -0.05) is 24.3 Å². The Balaban J connectivity index is 1.88. The van der Waals surface area contributed by atoms with E-state index in [1.165, 1.54) is 0 Å². The fraction of sp³-hybridized carbons (Fsp3) is 0.0588. The molecule has 0 saturated carbocycles. The van der Waals surface area contributed by atoms with E-state index < -0.39 is 0 Å². The number of benzene rings is 2. The van der Waals surface area contributed by atoms with E-state index in [1.54, 1.807) is 12.1 Å². The Kier molecular flexibility index (Phi) is 2.77. The molecule has 4 rings (SSSR count). The minimum atomic E-state index is -0.351. The lowest BCUT2D eigenvalue weighted by Crippen LogP contribution is -2.10. The van der Waals surface area contributed by atoms with Gasteiger partial charge < -0.3 is 14.6 Å². The van der Waals surface area contributed by atoms with Gasteiger partial charge in [-0.3, -0.25) is 0 Å². The summed E-state index contributed by atoms with van der Waals surface area (Å²) in [6.45, 7) is 0. The van der Waals surface area contributed by atoms with Gasteiger partial charge in [-0.2, -0.15) is 0 Å². The van der Waals surface area contributed by atoms with Crippen molar-refractivity contribution < 1.29 is 8.83 Å². The zero-order chi connectivity index (χ0) is 14.4. The van der Waals surface area contributed by atoms with Crippen LogP contribution < -0.4 is 5.73 Å². The molecule has 3 nitrogen and oxygen atoms in total. The molecule has 21 heavy (non-hydrogen) atoms. The lowest BCUT2D eigenvalue weighted by Gasteiger charge is -2.08. The first-order chi connectivity index (χ1) is 10.2. The first kappa shape index (κ1) is 12.5. The van der Waals surface area contributed by atoms with E-state index in [-0.39, 0.29) is 6.04 Å². The normalized spacial score (nSPS) is 13.0. The molecule has 2 heterocycles. The number of para-hydroxylation sites is 1. The van der Waals surface area contributed by atoms with E-state index in [2.05, 4.69) is 0 Å². The molecule has 0 radical (unpaired) electrons. The maximum absolute atomic E-state index is 6.25. The molecule has 104 valence electrons. The van der Waals surface area contributed by atoms with Crippen molar-refractivity contribution in [3.63, 3.8) is 0 Å². The molecule has 0 aliphatic carbocycles. The average Bonchev–Trinajstić information content (AvgIpc) is 3.09. The Bertz CT molecular complexity index is 938. The van der Waals surface area contributed by atoms with Crippen LogP contribution in [0.3, 0.4) is 0 Å². The fourth-order valence-electron chi connectivity index (χ4n) is 2.60. The smallest absolute Gasteiger partial charge is 0.193 e. The molecular weight excluding hydrogens is 286 g/mol. The average molecular weight is 298 g/mol. The Morgan fingerprint density at radius 3 is 2.48 bits per heavy atom. The van der Waals surface area contributed by atoms with Gasteiger partial charge >= 0.3 is 0 Å². The number of hydrogen-bond donors (Lipinski definition) is 1. The second-order valence-corrected chi connectivity index (χ2v) is 5.35. The van der Waals surface area contributed by atoms with E-state index in [0.29, 0.717) is 11.0 Å². The molecule has 2 aromatic carbocycles. The molecule has 0 amide bonds. The van der Waals surface area contributed by atoms with Crippen molar-refractivity contribution in [3.8, 4) is 0 Å². The van der Waals surface area contributed by atoms with Gasteiger partial charge in [0.25, 0.3) is 0 Å². The first-order valence-corrected chi connectivity index (χ1v) is 7.02. The van der Waals surface area contributed by atoms with Gasteiger partial charge in [0.1, 0.15) is 16.9 Å². The molecule has 1 atom stereocenters. The maximum Gasteiger partial charge on any atom is 0.193 e. The molecule has 2 aromatic heterocycles. The Hall–Kier alpha value is -2.23. The van der Waals surface area contributed by atoms with Gasteiger partial charge in [-0.15, -0.1) is 0 Å². The highest BCUT2D eigenvalue weighted by Crippen LogP contribution is 2.32. The minimum Gasteiger partial charge on any atom is -0.456 e. The summed E-state index contributed by atoms with van der Waals surface area (Å²) >= 11 is 5.81. The van der Waals surface area contributed by atoms with E-state index in [9.17, 15) is 0 Å². The molecule has 0 saturated heterocycles. The summed E-state index contributed by atoms with van der Waals surface area (Å²) in [6, 6.07) is 17.0. The van der Waals surface area contributed by atoms with Gasteiger partial charge in [-0.25, -0.2) is 0 Å². The van der Waals surface area contributed by atoms with Gasteiger partial charge in [0.2, 0.25) is 0 Å². The molecule has 0 aliphatic heterocycles. The Labute approximate surface area is 125 Å². The minimum absolute atomic E-state index is 0.343. The molecular formula is C17H12ClNO2. The highest BCUT2D eigenvalue weighted by atomic mass is 35.5. The van der Waals surface area contributed by atoms with Crippen LogP contribution in [0, 0.1) is 0 Å². The summed E-state index contributed by atoms with van der Waals surface area (Å²) in [5, 5.41) is 2.48. The second kappa shape index (κ2) is 4.65. The quantitative estimate of drug-likeness (QED) is 0.573. The van der Waals surface area contributed by atoms with Crippen LogP contribution in [0.25, 0.3) is 21.9 Å². The van der Waals surface area contributed by atoms with Crippen molar-refractivity contribution in [3.05, 3.63) is 71.1 Å². The van der Waals surface area contributed by atoms with Crippen LogP contribution in [0.1, 0.15) is 17.4 Å². The lowest BCUT2D eigenvalue weighted by atomic mass is 10.0. The van der Waals surface area contributed by atoms with Gasteiger partial charge in [0.15, 0.2) is 5.22 Å². The van der Waals surface area contributed by atoms with Crippen LogP contribution in [0.15, 0.2) is 63.4 Å². The summed E-state index contributed by atoms with van der Waals surface area (Å²) in [6.07, 6.45) is 0. The van der Waals surface area contributed by atoms with Crippen molar-refractivity contribution >= 4 is 33.5 Å². The number of hydrogen-bond acceptors (Lipinski definition) is 3. The number of furan rings is 2. The number of fused-ring (bicyclic) bond motifs is 3. The van der Waals surface area contributed by atoms with Crippen LogP contribution in [0.4, 0.5) is 0 Å². The predicted molar refractivity (Wildman–Crippen MR) is 83.5 cm³/mol. The maximum atomic E-state index is 6.25. The summed E-state index contributed by atoms with van der Waals surface area (Å²) in [5.74, 6) is 0.646. The fourth-order valence-corrected chi connectivity index (χ4v) is 2.75. The summed E-state index contributed by atoms with van der Waals surface area (Å²) < 4.78 is 11.2. The van der Waals surface area contributed by atoms with Crippen molar-refractivity contribution in [1.29, 1.82) is 0 Å². The third kappa shape index (κ3) is 2.02. The van der Waals surface area contributed by atoms with Crippen molar-refractivity contribution in [2.75, 3.05) is 0 Å². The van der Waals surface area contributed by atoms with E-state index in [1.807, 2.05) is 42.5 Å². The molecule has 0 fully saturated rings. The zero-order valence-electron chi connectivity index (χ0n) is 11.0. The van der Waals surface area contributed by atoms with Crippen LogP contribution >= 0.6 is 11.6 Å². The van der Waals surface area contributed by atoms with Gasteiger partial charge in [-0.05, 0) is 47.5 Å². The molecule has 1 unspecified atom stereocenters. The number of rotatable bonds is 2. The van der Waals surface area contributed by atoms with E-state index in [4.69, 9.17) is 26.2 Å². The third-order valence-electron chi connectivity index (χ3n) is 3.66. The Morgan fingerprint density at radius 2 is 1.67 bits per heavy atom. The largest absolute Gasteiger partial charge is 0.456 e. The Morgan fingerprint density at radius 1 is 0.857 bits per heavy atom. The third-order valence-corrected chi connectivity index (χ3v) is 3.86. The number of nitrogens with two attached hydrogens (primary N) is 1. The molecule has 0 aliphatic rings. The summed E-state index contributed by atoms with van der Waals surface area (Å²) in [7, 11) is 0. The van der Waals surface area contributed by atoms with Gasteiger partial charge in [0.05, 0.1) is 6.04 Å². The van der Waals surface area contributed by atoms with E-state index in [0.717, 1.165) is 27.5 Å². The summed E-state index contributed by atoms with van der Waals surface area (Å²) in [5.41, 5.74) is 8.93. The molecule has 4 heteroatoms. The van der Waals surface area contributed by atoms with Crippen LogP contribution in [-0.2, 0) is 0 Å². The highest BCUT2D eigenvalue weighted by molar-refractivity contribution is 6.28.